The number of imidazole rings is 1. The lowest BCUT2D eigenvalue weighted by molar-refractivity contribution is -0.145. The molecule has 0 radical (unpaired) electrons. The number of aliphatic carboxylic acids is 1. The van der Waals surface area contributed by atoms with E-state index in [1.807, 2.05) is 13.8 Å². The highest BCUT2D eigenvalue weighted by atomic mass is 16.4. The van der Waals surface area contributed by atoms with Gasteiger partial charge in [-0.2, -0.15) is 0 Å². The van der Waals surface area contributed by atoms with E-state index in [2.05, 4.69) is 25.9 Å². The Hall–Kier alpha value is -3.03. The predicted octanol–water partition coefficient (Wildman–Crippen LogP) is -1.63. The third-order valence-electron chi connectivity index (χ3n) is 5.80. The first-order chi connectivity index (χ1) is 16.5. The second-order valence-corrected chi connectivity index (χ2v) is 8.66. The van der Waals surface area contributed by atoms with Gasteiger partial charge in [-0.3, -0.25) is 14.4 Å². The van der Waals surface area contributed by atoms with Crippen LogP contribution in [0.15, 0.2) is 12.5 Å². The van der Waals surface area contributed by atoms with Crippen LogP contribution < -0.4 is 27.4 Å². The molecule has 198 valence electrons. The van der Waals surface area contributed by atoms with E-state index < -0.39 is 54.0 Å². The van der Waals surface area contributed by atoms with Crippen LogP contribution in [0.2, 0.25) is 0 Å². The number of aromatic nitrogens is 2. The van der Waals surface area contributed by atoms with E-state index in [0.717, 1.165) is 0 Å². The second kappa shape index (κ2) is 15.1. The molecule has 13 nitrogen and oxygen atoms in total. The highest BCUT2D eigenvalue weighted by Crippen LogP contribution is 2.08. The van der Waals surface area contributed by atoms with E-state index in [0.29, 0.717) is 31.5 Å². The molecule has 0 aliphatic rings. The molecule has 0 bridgehead atoms. The van der Waals surface area contributed by atoms with E-state index in [4.69, 9.17) is 11.5 Å². The van der Waals surface area contributed by atoms with Gasteiger partial charge in [0.05, 0.1) is 18.5 Å². The Morgan fingerprint density at radius 2 is 1.69 bits per heavy atom. The van der Waals surface area contributed by atoms with Crippen molar-refractivity contribution >= 4 is 23.7 Å². The lowest BCUT2D eigenvalue weighted by Gasteiger charge is -2.26. The van der Waals surface area contributed by atoms with Crippen LogP contribution in [-0.4, -0.2) is 80.7 Å². The van der Waals surface area contributed by atoms with Crippen molar-refractivity contribution in [3.8, 4) is 0 Å². The number of carbonyl (C=O) groups excluding carboxylic acids is 3. The summed E-state index contributed by atoms with van der Waals surface area (Å²) in [6, 6.07) is -4.57. The van der Waals surface area contributed by atoms with Crippen LogP contribution >= 0.6 is 0 Å². The molecule has 3 amide bonds. The Labute approximate surface area is 204 Å². The lowest BCUT2D eigenvalue weighted by atomic mass is 9.98. The molecule has 13 heteroatoms. The summed E-state index contributed by atoms with van der Waals surface area (Å²) in [6.07, 6.45) is 3.56. The third kappa shape index (κ3) is 10.0. The second-order valence-electron chi connectivity index (χ2n) is 8.66. The number of rotatable bonds is 16. The van der Waals surface area contributed by atoms with Gasteiger partial charge < -0.3 is 42.6 Å². The van der Waals surface area contributed by atoms with Gasteiger partial charge in [-0.05, 0) is 38.6 Å². The number of aliphatic hydroxyl groups is 1. The Balaban J connectivity index is 3.07. The van der Waals surface area contributed by atoms with Gasteiger partial charge in [-0.15, -0.1) is 0 Å². The van der Waals surface area contributed by atoms with E-state index in [1.54, 1.807) is 0 Å². The lowest BCUT2D eigenvalue weighted by Crippen LogP contribution is -2.59. The number of aromatic amines is 1. The van der Waals surface area contributed by atoms with Crippen molar-refractivity contribution in [1.29, 1.82) is 0 Å². The molecule has 0 spiro atoms. The number of hydrogen-bond donors (Lipinski definition) is 8. The number of H-pyrrole nitrogens is 1. The van der Waals surface area contributed by atoms with Gasteiger partial charge in [0.2, 0.25) is 17.7 Å². The maximum atomic E-state index is 13.2. The fraction of sp³-hybridized carbons (Fsp3) is 0.682. The van der Waals surface area contributed by atoms with Crippen molar-refractivity contribution in [2.24, 2.45) is 17.4 Å². The number of amides is 3. The van der Waals surface area contributed by atoms with Gasteiger partial charge in [-0.25, -0.2) is 9.78 Å². The molecule has 0 aromatic carbocycles. The van der Waals surface area contributed by atoms with Crippen LogP contribution in [0.4, 0.5) is 0 Å². The molecule has 6 atom stereocenters. The molecular formula is C22H39N7O6. The Kier molecular flexibility index (Phi) is 12.9. The number of carboxylic acids is 1. The number of nitrogens with two attached hydrogens (primary N) is 2. The van der Waals surface area contributed by atoms with Crippen molar-refractivity contribution in [2.75, 3.05) is 6.54 Å². The summed E-state index contributed by atoms with van der Waals surface area (Å²) in [7, 11) is 0. The highest BCUT2D eigenvalue weighted by Gasteiger charge is 2.32. The Bertz CT molecular complexity index is 817. The van der Waals surface area contributed by atoms with E-state index in [-0.39, 0.29) is 18.8 Å². The van der Waals surface area contributed by atoms with Crippen LogP contribution in [-0.2, 0) is 25.6 Å². The third-order valence-corrected chi connectivity index (χ3v) is 5.80. The number of hydrogen-bond acceptors (Lipinski definition) is 8. The number of nitrogens with zero attached hydrogens (tertiary/aromatic N) is 1. The molecule has 1 heterocycles. The monoisotopic (exact) mass is 497 g/mol. The molecule has 10 N–H and O–H groups in total. The molecule has 0 saturated carbocycles. The molecule has 0 saturated heterocycles. The van der Waals surface area contributed by atoms with Gasteiger partial charge in [0.25, 0.3) is 0 Å². The first kappa shape index (κ1) is 30.0. The zero-order valence-electron chi connectivity index (χ0n) is 20.5. The van der Waals surface area contributed by atoms with Crippen LogP contribution in [0.3, 0.4) is 0 Å². The van der Waals surface area contributed by atoms with Gasteiger partial charge in [-0.1, -0.05) is 20.3 Å². The summed E-state index contributed by atoms with van der Waals surface area (Å²) in [5.74, 6) is -3.46. The SMILES string of the molecule is CCC(C)C(N)C(=O)NC(Cc1cnc[nH]1)C(=O)NC(CCCCN)C(=O)NC(C(=O)O)C(C)O. The minimum Gasteiger partial charge on any atom is -0.480 e. The maximum absolute atomic E-state index is 13.2. The van der Waals surface area contributed by atoms with Crippen LogP contribution in [0.5, 0.6) is 0 Å². The molecule has 1 rings (SSSR count). The van der Waals surface area contributed by atoms with Crippen molar-refractivity contribution < 1.29 is 29.4 Å². The van der Waals surface area contributed by atoms with Crippen LogP contribution in [0, 0.1) is 5.92 Å². The van der Waals surface area contributed by atoms with Gasteiger partial charge >= 0.3 is 5.97 Å². The fourth-order valence-corrected chi connectivity index (χ4v) is 3.28. The fourth-order valence-electron chi connectivity index (χ4n) is 3.28. The minimum absolute atomic E-state index is 0.0629. The number of aliphatic hydroxyl groups excluding tert-OH is 1. The van der Waals surface area contributed by atoms with Crippen LogP contribution in [0.25, 0.3) is 0 Å². The van der Waals surface area contributed by atoms with Gasteiger partial charge in [0, 0.05) is 18.3 Å². The van der Waals surface area contributed by atoms with Gasteiger partial charge in [0.1, 0.15) is 12.1 Å². The Morgan fingerprint density at radius 3 is 2.20 bits per heavy atom. The van der Waals surface area contributed by atoms with Gasteiger partial charge in [0.15, 0.2) is 6.04 Å². The van der Waals surface area contributed by atoms with Crippen molar-refractivity contribution in [2.45, 2.75) is 83.1 Å². The number of unbranched alkanes of at least 4 members (excludes halogenated alkanes) is 1. The topological polar surface area (TPSA) is 226 Å². The average Bonchev–Trinajstić information content (AvgIpc) is 3.32. The number of carbonyl (C=O) groups is 4. The summed E-state index contributed by atoms with van der Waals surface area (Å²) in [5.41, 5.74) is 12.1. The standard InChI is InChI=1S/C22H39N7O6/c1-4-12(2)17(24)21(33)28-16(9-14-10-25-11-26-14)20(32)27-15(7-5-6-8-23)19(31)29-18(13(3)30)22(34)35/h10-13,15-18,30H,4-9,23-24H2,1-3H3,(H,25,26)(H,27,32)(H,28,33)(H,29,31)(H,34,35). The highest BCUT2D eigenvalue weighted by molar-refractivity contribution is 5.94. The van der Waals surface area contributed by atoms with E-state index in [1.165, 1.54) is 19.4 Å². The van der Waals surface area contributed by atoms with Crippen LogP contribution in [0.1, 0.15) is 52.1 Å². The number of nitrogens with one attached hydrogen (secondary N) is 4. The minimum atomic E-state index is -1.55. The first-order valence-corrected chi connectivity index (χ1v) is 11.8. The quantitative estimate of drug-likeness (QED) is 0.123. The summed E-state index contributed by atoms with van der Waals surface area (Å²) in [6.45, 7) is 5.33. The largest absolute Gasteiger partial charge is 0.480 e. The van der Waals surface area contributed by atoms with E-state index in [9.17, 15) is 29.4 Å². The van der Waals surface area contributed by atoms with E-state index >= 15 is 0 Å². The molecule has 1 aromatic heterocycles. The summed E-state index contributed by atoms with van der Waals surface area (Å²) in [4.78, 5) is 56.9. The summed E-state index contributed by atoms with van der Waals surface area (Å²) < 4.78 is 0. The van der Waals surface area contributed by atoms with Crippen molar-refractivity contribution in [1.82, 2.24) is 25.9 Å². The summed E-state index contributed by atoms with van der Waals surface area (Å²) >= 11 is 0. The zero-order chi connectivity index (χ0) is 26.5. The van der Waals surface area contributed by atoms with Crippen molar-refractivity contribution in [3.63, 3.8) is 0 Å². The molecule has 1 aromatic rings. The first-order valence-electron chi connectivity index (χ1n) is 11.8. The Morgan fingerprint density at radius 1 is 1.06 bits per heavy atom. The smallest absolute Gasteiger partial charge is 0.328 e. The molecule has 0 fully saturated rings. The molecule has 35 heavy (non-hydrogen) atoms. The maximum Gasteiger partial charge on any atom is 0.328 e. The molecule has 6 unspecified atom stereocenters. The molecule has 0 aliphatic carbocycles. The zero-order valence-corrected chi connectivity index (χ0v) is 20.5. The average molecular weight is 498 g/mol. The predicted molar refractivity (Wildman–Crippen MR) is 128 cm³/mol. The van der Waals surface area contributed by atoms with Crippen molar-refractivity contribution in [3.05, 3.63) is 18.2 Å². The normalized spacial score (nSPS) is 16.3. The molecule has 0 aliphatic heterocycles. The molecular weight excluding hydrogens is 458 g/mol. The summed E-state index contributed by atoms with van der Waals surface area (Å²) in [5, 5.41) is 26.5. The number of carboxylic acid groups (broad SMARTS) is 1.